The maximum absolute atomic E-state index is 12.7. The van der Waals surface area contributed by atoms with Gasteiger partial charge in [-0.1, -0.05) is 0 Å². The SMILES string of the molecule is COC(=O)c1ccc(N=C2S/C(=C\c3cc(OC)c(OC)c(OC)c3)C(=O)N2C)cc1. The topological polar surface area (TPSA) is 86.7 Å². The number of likely N-dealkylation sites (N-methyl/N-ethyl adjacent to an activating group) is 1. The maximum atomic E-state index is 12.7. The standard InChI is InChI=1S/C22H22N2O6S/c1-24-20(25)18(12-13-10-16(27-2)19(29-4)17(11-13)28-3)31-22(24)23-15-8-6-14(7-9-15)21(26)30-5/h6-12H,1-5H3/b18-12-,23-22?. The first-order valence-corrected chi connectivity index (χ1v) is 9.98. The molecule has 2 aromatic carbocycles. The molecule has 8 nitrogen and oxygen atoms in total. The van der Waals surface area contributed by atoms with E-state index in [-0.39, 0.29) is 5.91 Å². The van der Waals surface area contributed by atoms with Gasteiger partial charge in [-0.15, -0.1) is 0 Å². The van der Waals surface area contributed by atoms with Gasteiger partial charge in [0, 0.05) is 7.05 Å². The van der Waals surface area contributed by atoms with Gasteiger partial charge in [-0.3, -0.25) is 9.69 Å². The predicted octanol–water partition coefficient (Wildman–Crippen LogP) is 3.73. The monoisotopic (exact) mass is 442 g/mol. The van der Waals surface area contributed by atoms with E-state index in [0.717, 1.165) is 5.56 Å². The number of carbonyl (C=O) groups is 2. The van der Waals surface area contributed by atoms with Crippen molar-refractivity contribution < 1.29 is 28.5 Å². The smallest absolute Gasteiger partial charge is 0.337 e. The summed E-state index contributed by atoms with van der Waals surface area (Å²) in [5.41, 5.74) is 1.77. The quantitative estimate of drug-likeness (QED) is 0.498. The fourth-order valence-electron chi connectivity index (χ4n) is 2.89. The molecule has 0 unspecified atom stereocenters. The Morgan fingerprint density at radius 2 is 1.61 bits per heavy atom. The Bertz CT molecular complexity index is 1040. The normalized spacial score (nSPS) is 16.0. The molecule has 0 bridgehead atoms. The van der Waals surface area contributed by atoms with E-state index in [0.29, 0.717) is 38.6 Å². The van der Waals surface area contributed by atoms with Crippen LogP contribution in [-0.2, 0) is 9.53 Å². The van der Waals surface area contributed by atoms with E-state index in [2.05, 4.69) is 4.99 Å². The van der Waals surface area contributed by atoms with Gasteiger partial charge in [0.2, 0.25) is 5.75 Å². The number of methoxy groups -OCH3 is 4. The van der Waals surface area contributed by atoms with Crippen LogP contribution in [0.1, 0.15) is 15.9 Å². The molecule has 0 aromatic heterocycles. The van der Waals surface area contributed by atoms with Gasteiger partial charge in [-0.2, -0.15) is 0 Å². The van der Waals surface area contributed by atoms with Crippen molar-refractivity contribution in [3.8, 4) is 17.2 Å². The zero-order chi connectivity index (χ0) is 22.5. The fourth-order valence-corrected chi connectivity index (χ4v) is 3.87. The van der Waals surface area contributed by atoms with E-state index in [9.17, 15) is 9.59 Å². The van der Waals surface area contributed by atoms with Crippen LogP contribution in [0.4, 0.5) is 5.69 Å². The molecule has 9 heteroatoms. The number of amidine groups is 1. The molecule has 0 radical (unpaired) electrons. The third kappa shape index (κ3) is 4.66. The molecule has 3 rings (SSSR count). The molecule has 1 amide bonds. The molecule has 0 N–H and O–H groups in total. The number of rotatable bonds is 6. The molecule has 1 aliphatic heterocycles. The number of nitrogens with zero attached hydrogens (tertiary/aromatic N) is 2. The zero-order valence-corrected chi connectivity index (χ0v) is 18.6. The molecular weight excluding hydrogens is 420 g/mol. The number of benzene rings is 2. The number of amides is 1. The largest absolute Gasteiger partial charge is 0.493 e. The van der Waals surface area contributed by atoms with Gasteiger partial charge < -0.3 is 18.9 Å². The lowest BCUT2D eigenvalue weighted by Gasteiger charge is -2.13. The van der Waals surface area contributed by atoms with E-state index < -0.39 is 5.97 Å². The number of ether oxygens (including phenoxy) is 4. The molecule has 0 spiro atoms. The van der Waals surface area contributed by atoms with Gasteiger partial charge in [0.15, 0.2) is 16.7 Å². The second-order valence-electron chi connectivity index (χ2n) is 6.37. The molecule has 0 saturated carbocycles. The summed E-state index contributed by atoms with van der Waals surface area (Å²) in [4.78, 5) is 30.8. The lowest BCUT2D eigenvalue weighted by molar-refractivity contribution is -0.121. The first kappa shape index (κ1) is 22.2. The van der Waals surface area contributed by atoms with Gasteiger partial charge >= 0.3 is 5.97 Å². The predicted molar refractivity (Wildman–Crippen MR) is 119 cm³/mol. The van der Waals surface area contributed by atoms with Gasteiger partial charge in [0.05, 0.1) is 44.6 Å². The maximum Gasteiger partial charge on any atom is 0.337 e. The zero-order valence-electron chi connectivity index (χ0n) is 17.8. The first-order valence-electron chi connectivity index (χ1n) is 9.16. The Balaban J connectivity index is 1.90. The number of carbonyl (C=O) groups excluding carboxylic acids is 2. The molecule has 162 valence electrons. The van der Waals surface area contributed by atoms with E-state index >= 15 is 0 Å². The summed E-state index contributed by atoms with van der Waals surface area (Å²) >= 11 is 1.25. The Labute approximate surface area is 184 Å². The highest BCUT2D eigenvalue weighted by Crippen LogP contribution is 2.40. The van der Waals surface area contributed by atoms with Crippen LogP contribution in [0.2, 0.25) is 0 Å². The lowest BCUT2D eigenvalue weighted by Crippen LogP contribution is -2.23. The van der Waals surface area contributed by atoms with E-state index in [1.54, 1.807) is 49.5 Å². The summed E-state index contributed by atoms with van der Waals surface area (Å²) in [5, 5.41) is 0.523. The highest BCUT2D eigenvalue weighted by Gasteiger charge is 2.30. The third-order valence-corrected chi connectivity index (χ3v) is 5.56. The van der Waals surface area contributed by atoms with Crippen molar-refractivity contribution in [2.45, 2.75) is 0 Å². The molecule has 31 heavy (non-hydrogen) atoms. The Morgan fingerprint density at radius 3 is 2.13 bits per heavy atom. The number of aliphatic imine (C=N–C) groups is 1. The van der Waals surface area contributed by atoms with Crippen LogP contribution < -0.4 is 14.2 Å². The van der Waals surface area contributed by atoms with Crippen molar-refractivity contribution in [3.05, 3.63) is 52.4 Å². The molecular formula is C22H22N2O6S. The molecule has 1 aliphatic rings. The summed E-state index contributed by atoms with van der Waals surface area (Å²) < 4.78 is 20.8. The van der Waals surface area contributed by atoms with Crippen LogP contribution in [0, 0.1) is 0 Å². The second kappa shape index (κ2) is 9.57. The molecule has 2 aromatic rings. The van der Waals surface area contributed by atoms with Crippen LogP contribution in [0.3, 0.4) is 0 Å². The van der Waals surface area contributed by atoms with Crippen molar-refractivity contribution in [2.75, 3.05) is 35.5 Å². The van der Waals surface area contributed by atoms with Gasteiger partial charge in [-0.05, 0) is 59.8 Å². The molecule has 1 fully saturated rings. The van der Waals surface area contributed by atoms with Gasteiger partial charge in [-0.25, -0.2) is 9.79 Å². The van der Waals surface area contributed by atoms with Crippen molar-refractivity contribution in [1.29, 1.82) is 0 Å². The minimum atomic E-state index is -0.419. The van der Waals surface area contributed by atoms with Crippen molar-refractivity contribution in [2.24, 2.45) is 4.99 Å². The number of esters is 1. The average Bonchev–Trinajstić information content (AvgIpc) is 3.05. The van der Waals surface area contributed by atoms with E-state index in [4.69, 9.17) is 18.9 Å². The minimum absolute atomic E-state index is 0.177. The molecule has 1 saturated heterocycles. The summed E-state index contributed by atoms with van der Waals surface area (Å²) in [5.74, 6) is 0.877. The summed E-state index contributed by atoms with van der Waals surface area (Å²) in [6, 6.07) is 10.2. The highest BCUT2D eigenvalue weighted by molar-refractivity contribution is 8.18. The van der Waals surface area contributed by atoms with Crippen LogP contribution >= 0.6 is 11.8 Å². The third-order valence-electron chi connectivity index (χ3n) is 4.50. The molecule has 0 atom stereocenters. The molecule has 0 aliphatic carbocycles. The van der Waals surface area contributed by atoms with Crippen molar-refractivity contribution in [3.63, 3.8) is 0 Å². The minimum Gasteiger partial charge on any atom is -0.493 e. The van der Waals surface area contributed by atoms with Gasteiger partial charge in [0.25, 0.3) is 5.91 Å². The van der Waals surface area contributed by atoms with E-state index in [1.165, 1.54) is 45.1 Å². The van der Waals surface area contributed by atoms with Crippen LogP contribution in [0.25, 0.3) is 6.08 Å². The number of hydrogen-bond donors (Lipinski definition) is 0. The van der Waals surface area contributed by atoms with Crippen LogP contribution in [0.5, 0.6) is 17.2 Å². The highest BCUT2D eigenvalue weighted by atomic mass is 32.2. The fraction of sp³-hybridized carbons (Fsp3) is 0.227. The Morgan fingerprint density at radius 1 is 1.00 bits per heavy atom. The average molecular weight is 442 g/mol. The number of hydrogen-bond acceptors (Lipinski definition) is 8. The van der Waals surface area contributed by atoms with Crippen LogP contribution in [-0.4, -0.2) is 57.4 Å². The van der Waals surface area contributed by atoms with Crippen molar-refractivity contribution in [1.82, 2.24) is 4.90 Å². The van der Waals surface area contributed by atoms with E-state index in [1.807, 2.05) is 0 Å². The van der Waals surface area contributed by atoms with Gasteiger partial charge in [0.1, 0.15) is 0 Å². The first-order chi connectivity index (χ1) is 14.9. The van der Waals surface area contributed by atoms with Crippen molar-refractivity contribution >= 4 is 40.6 Å². The number of thioether (sulfide) groups is 1. The Hall–Kier alpha value is -3.46. The summed E-state index contributed by atoms with van der Waals surface area (Å²) in [6.07, 6.45) is 1.75. The molecule has 1 heterocycles. The lowest BCUT2D eigenvalue weighted by atomic mass is 10.1. The second-order valence-corrected chi connectivity index (χ2v) is 7.38. The summed E-state index contributed by atoms with van der Waals surface area (Å²) in [7, 11) is 7.59. The van der Waals surface area contributed by atoms with Crippen LogP contribution in [0.15, 0.2) is 46.3 Å². The Kier molecular flexibility index (Phi) is 6.86. The summed E-state index contributed by atoms with van der Waals surface area (Å²) in [6.45, 7) is 0.